The van der Waals surface area contributed by atoms with Crippen LogP contribution in [0, 0.1) is 13.8 Å². The number of carboxylic acid groups (broad SMARTS) is 1. The van der Waals surface area contributed by atoms with E-state index >= 15 is 0 Å². The molecule has 0 fully saturated rings. The molecular weight excluding hydrogens is 246 g/mol. The van der Waals surface area contributed by atoms with Crippen molar-refractivity contribution in [2.24, 2.45) is 0 Å². The van der Waals surface area contributed by atoms with E-state index in [4.69, 9.17) is 21.2 Å². The van der Waals surface area contributed by atoms with Crippen molar-refractivity contribution in [1.82, 2.24) is 14.9 Å². The van der Waals surface area contributed by atoms with Gasteiger partial charge in [-0.1, -0.05) is 16.8 Å². The third kappa shape index (κ3) is 2.16. The molecule has 0 spiro atoms. The molecule has 6 nitrogen and oxygen atoms in total. The number of aryl methyl sites for hydroxylation is 1. The van der Waals surface area contributed by atoms with Gasteiger partial charge in [0.25, 0.3) is 0 Å². The topological polar surface area (TPSA) is 81.2 Å². The quantitative estimate of drug-likeness (QED) is 0.906. The Labute approximate surface area is 102 Å². The van der Waals surface area contributed by atoms with Crippen LogP contribution in [0.25, 0.3) is 0 Å². The molecule has 17 heavy (non-hydrogen) atoms. The third-order valence-corrected chi connectivity index (χ3v) is 2.92. The van der Waals surface area contributed by atoms with E-state index in [1.54, 1.807) is 11.6 Å². The van der Waals surface area contributed by atoms with E-state index in [2.05, 4.69) is 10.3 Å². The molecule has 0 saturated heterocycles. The average Bonchev–Trinajstić information content (AvgIpc) is 2.82. The zero-order chi connectivity index (χ0) is 12.6. The lowest BCUT2D eigenvalue weighted by molar-refractivity contribution is 0.0685. The first-order valence-electron chi connectivity index (χ1n) is 4.87. The second kappa shape index (κ2) is 4.21. The lowest BCUT2D eigenvalue weighted by Gasteiger charge is -1.99. The van der Waals surface area contributed by atoms with E-state index in [0.717, 1.165) is 11.4 Å². The minimum Gasteiger partial charge on any atom is -0.476 e. The van der Waals surface area contributed by atoms with E-state index in [9.17, 15) is 4.79 Å². The Morgan fingerprint density at radius 2 is 2.29 bits per heavy atom. The lowest BCUT2D eigenvalue weighted by atomic mass is 10.3. The molecular formula is C10H10ClN3O3. The summed E-state index contributed by atoms with van der Waals surface area (Å²) in [4.78, 5) is 10.6. The summed E-state index contributed by atoms with van der Waals surface area (Å²) in [6.45, 7) is 3.94. The van der Waals surface area contributed by atoms with Crippen molar-refractivity contribution in [3.05, 3.63) is 33.9 Å². The second-order valence-electron chi connectivity index (χ2n) is 3.63. The number of halogens is 1. The number of aromatic nitrogens is 3. The fourth-order valence-electron chi connectivity index (χ4n) is 1.46. The van der Waals surface area contributed by atoms with E-state index < -0.39 is 5.97 Å². The van der Waals surface area contributed by atoms with Gasteiger partial charge in [-0.25, -0.2) is 4.79 Å². The number of aromatic carboxylic acids is 1. The fourth-order valence-corrected chi connectivity index (χ4v) is 1.60. The van der Waals surface area contributed by atoms with Crippen LogP contribution in [-0.4, -0.2) is 26.0 Å². The zero-order valence-electron chi connectivity index (χ0n) is 9.27. The first-order valence-corrected chi connectivity index (χ1v) is 5.25. The van der Waals surface area contributed by atoms with Gasteiger partial charge >= 0.3 is 5.97 Å². The van der Waals surface area contributed by atoms with Crippen LogP contribution in [0.1, 0.15) is 27.6 Å². The van der Waals surface area contributed by atoms with Crippen LogP contribution in [0.4, 0.5) is 0 Å². The maximum Gasteiger partial charge on any atom is 0.358 e. The molecule has 2 aromatic rings. The van der Waals surface area contributed by atoms with Crippen LogP contribution in [0.3, 0.4) is 0 Å². The minimum atomic E-state index is -1.12. The predicted octanol–water partition coefficient (Wildman–Crippen LogP) is 1.89. The summed E-state index contributed by atoms with van der Waals surface area (Å²) in [5.41, 5.74) is 1.41. The Morgan fingerprint density at radius 3 is 2.76 bits per heavy atom. The summed E-state index contributed by atoms with van der Waals surface area (Å²) in [6, 6.07) is 1.37. The molecule has 90 valence electrons. The van der Waals surface area contributed by atoms with Gasteiger partial charge in [-0.05, 0) is 13.8 Å². The maximum absolute atomic E-state index is 10.6. The Morgan fingerprint density at radius 1 is 1.59 bits per heavy atom. The van der Waals surface area contributed by atoms with Crippen LogP contribution in [0.2, 0.25) is 5.02 Å². The van der Waals surface area contributed by atoms with Crippen molar-refractivity contribution in [3.8, 4) is 0 Å². The minimum absolute atomic E-state index is 0.118. The SMILES string of the molecule is Cc1nn(Cc2cc(C(=O)O)no2)c(C)c1Cl. The highest BCUT2D eigenvalue weighted by molar-refractivity contribution is 6.31. The summed E-state index contributed by atoms with van der Waals surface area (Å²) < 4.78 is 6.54. The van der Waals surface area contributed by atoms with Crippen molar-refractivity contribution >= 4 is 17.6 Å². The van der Waals surface area contributed by atoms with Gasteiger partial charge in [0.2, 0.25) is 0 Å². The first kappa shape index (κ1) is 11.7. The molecule has 2 rings (SSSR count). The van der Waals surface area contributed by atoms with Gasteiger partial charge in [0.15, 0.2) is 11.5 Å². The molecule has 0 aliphatic carbocycles. The largest absolute Gasteiger partial charge is 0.476 e. The highest BCUT2D eigenvalue weighted by Gasteiger charge is 2.14. The summed E-state index contributed by atoms with van der Waals surface area (Å²) >= 11 is 6.00. The number of carboxylic acids is 1. The number of hydrogen-bond donors (Lipinski definition) is 1. The highest BCUT2D eigenvalue weighted by atomic mass is 35.5. The summed E-state index contributed by atoms with van der Waals surface area (Å²) in [5.74, 6) is -0.698. The highest BCUT2D eigenvalue weighted by Crippen LogP contribution is 2.19. The van der Waals surface area contributed by atoms with Crippen molar-refractivity contribution in [2.75, 3.05) is 0 Å². The van der Waals surface area contributed by atoms with Crippen molar-refractivity contribution in [2.45, 2.75) is 20.4 Å². The predicted molar refractivity (Wildman–Crippen MR) is 59.3 cm³/mol. The summed E-state index contributed by atoms with van der Waals surface area (Å²) in [7, 11) is 0. The molecule has 0 bridgehead atoms. The van der Waals surface area contributed by atoms with E-state index in [0.29, 0.717) is 17.3 Å². The van der Waals surface area contributed by atoms with Crippen molar-refractivity contribution in [3.63, 3.8) is 0 Å². The van der Waals surface area contributed by atoms with Crippen LogP contribution >= 0.6 is 11.6 Å². The molecule has 2 heterocycles. The average molecular weight is 256 g/mol. The van der Waals surface area contributed by atoms with Crippen molar-refractivity contribution in [1.29, 1.82) is 0 Å². The Kier molecular flexibility index (Phi) is 2.89. The Balaban J connectivity index is 2.25. The molecule has 7 heteroatoms. The van der Waals surface area contributed by atoms with Crippen molar-refractivity contribution < 1.29 is 14.4 Å². The molecule has 0 atom stereocenters. The van der Waals surface area contributed by atoms with Crippen LogP contribution < -0.4 is 0 Å². The second-order valence-corrected chi connectivity index (χ2v) is 4.00. The molecule has 0 saturated carbocycles. The van der Waals surface area contributed by atoms with E-state index in [-0.39, 0.29) is 5.69 Å². The molecule has 2 aromatic heterocycles. The molecule has 0 aliphatic rings. The number of nitrogens with zero attached hydrogens (tertiary/aromatic N) is 3. The fraction of sp³-hybridized carbons (Fsp3) is 0.300. The smallest absolute Gasteiger partial charge is 0.358 e. The zero-order valence-corrected chi connectivity index (χ0v) is 10.0. The molecule has 1 N–H and O–H groups in total. The normalized spacial score (nSPS) is 10.8. The van der Waals surface area contributed by atoms with Gasteiger partial charge in [-0.2, -0.15) is 5.10 Å². The van der Waals surface area contributed by atoms with Crippen LogP contribution in [-0.2, 0) is 6.54 Å². The van der Waals surface area contributed by atoms with E-state index in [1.165, 1.54) is 6.07 Å². The number of carbonyl (C=O) groups is 1. The lowest BCUT2D eigenvalue weighted by Crippen LogP contribution is -2.03. The first-order chi connectivity index (χ1) is 7.99. The van der Waals surface area contributed by atoms with Gasteiger partial charge in [-0.15, -0.1) is 0 Å². The third-order valence-electron chi connectivity index (χ3n) is 2.38. The van der Waals surface area contributed by atoms with Gasteiger partial charge in [0.1, 0.15) is 6.54 Å². The molecule has 0 aromatic carbocycles. The maximum atomic E-state index is 10.6. The summed E-state index contributed by atoms with van der Waals surface area (Å²) in [6.07, 6.45) is 0. The van der Waals surface area contributed by atoms with Gasteiger partial charge < -0.3 is 9.63 Å². The number of rotatable bonds is 3. The molecule has 0 aliphatic heterocycles. The molecule has 0 unspecified atom stereocenters. The van der Waals surface area contributed by atoms with E-state index in [1.807, 2.05) is 6.92 Å². The standard InChI is InChI=1S/C10H10ClN3O3/c1-5-9(11)6(2)14(12-5)4-7-3-8(10(15)16)13-17-7/h3H,4H2,1-2H3,(H,15,16). The molecule has 0 amide bonds. The van der Waals surface area contributed by atoms with Gasteiger partial charge in [-0.3, -0.25) is 4.68 Å². The van der Waals surface area contributed by atoms with Crippen LogP contribution in [0.15, 0.2) is 10.6 Å². The van der Waals surface area contributed by atoms with Gasteiger partial charge in [0.05, 0.1) is 16.4 Å². The van der Waals surface area contributed by atoms with Crippen LogP contribution in [0.5, 0.6) is 0 Å². The Bertz CT molecular complexity index is 573. The monoisotopic (exact) mass is 255 g/mol. The number of hydrogen-bond acceptors (Lipinski definition) is 4. The summed E-state index contributed by atoms with van der Waals surface area (Å²) in [5, 5.41) is 16.9. The van der Waals surface area contributed by atoms with Gasteiger partial charge in [0, 0.05) is 6.07 Å². The Hall–Kier alpha value is -1.82. The molecule has 0 radical (unpaired) electrons.